The highest BCUT2D eigenvalue weighted by molar-refractivity contribution is 5.97. The summed E-state index contributed by atoms with van der Waals surface area (Å²) in [4.78, 5) is 21.4. The van der Waals surface area contributed by atoms with Crippen molar-refractivity contribution in [3.63, 3.8) is 0 Å². The van der Waals surface area contributed by atoms with E-state index in [2.05, 4.69) is 20.1 Å². The van der Waals surface area contributed by atoms with Crippen molar-refractivity contribution in [2.45, 2.75) is 44.6 Å². The molecule has 2 rings (SSSR count). The van der Waals surface area contributed by atoms with E-state index in [1.807, 2.05) is 0 Å². The third-order valence-electron chi connectivity index (χ3n) is 3.91. The lowest BCUT2D eigenvalue weighted by Crippen LogP contribution is -2.43. The highest BCUT2D eigenvalue weighted by Gasteiger charge is 2.30. The molecule has 1 aromatic rings. The summed E-state index contributed by atoms with van der Waals surface area (Å²) >= 11 is 0. The quantitative estimate of drug-likeness (QED) is 0.524. The number of nitrogens with one attached hydrogen (secondary N) is 2. The van der Waals surface area contributed by atoms with E-state index in [0.29, 0.717) is 0 Å². The predicted octanol–water partition coefficient (Wildman–Crippen LogP) is 3.53. The van der Waals surface area contributed by atoms with Gasteiger partial charge in [0, 0.05) is 19.5 Å². The van der Waals surface area contributed by atoms with Gasteiger partial charge in [0.15, 0.2) is 13.2 Å². The Kier molecular flexibility index (Phi) is 10.6. The van der Waals surface area contributed by atoms with E-state index in [0.717, 1.165) is 50.9 Å². The standard InChI is InChI=1S/C17H20F6N2O3.C2H4O2/c18-16(19,20)9-27-12-4-5-14(28-10-17(21,22)23)13(7-12)15(26)25-8-11-3-1-2-6-24-11;1-2(3)4/h4-5,7,11,24H,1-3,6,8-10H2,(H,25,26);1H3,(H,3,4)/t11-;/m0./s1. The number of benzene rings is 1. The van der Waals surface area contributed by atoms with E-state index in [1.54, 1.807) is 0 Å². The van der Waals surface area contributed by atoms with Crippen LogP contribution < -0.4 is 20.1 Å². The van der Waals surface area contributed by atoms with Crippen LogP contribution in [0.5, 0.6) is 11.5 Å². The van der Waals surface area contributed by atoms with Crippen LogP contribution in [0.15, 0.2) is 18.2 Å². The van der Waals surface area contributed by atoms with E-state index in [4.69, 9.17) is 9.90 Å². The van der Waals surface area contributed by atoms with Crippen molar-refractivity contribution in [1.29, 1.82) is 0 Å². The maximum Gasteiger partial charge on any atom is 0.422 e. The van der Waals surface area contributed by atoms with Gasteiger partial charge >= 0.3 is 12.4 Å². The monoisotopic (exact) mass is 474 g/mol. The minimum atomic E-state index is -4.63. The molecule has 13 heteroatoms. The zero-order valence-electron chi connectivity index (χ0n) is 17.1. The van der Waals surface area contributed by atoms with Crippen LogP contribution in [0.3, 0.4) is 0 Å². The first kappa shape index (κ1) is 27.3. The molecule has 182 valence electrons. The van der Waals surface area contributed by atoms with Crippen LogP contribution in [0.4, 0.5) is 26.3 Å². The van der Waals surface area contributed by atoms with Gasteiger partial charge in [0.1, 0.15) is 11.5 Å². The van der Waals surface area contributed by atoms with Crippen LogP contribution in [-0.2, 0) is 4.79 Å². The summed E-state index contributed by atoms with van der Waals surface area (Å²) in [7, 11) is 0. The summed E-state index contributed by atoms with van der Waals surface area (Å²) in [5, 5.41) is 13.2. The number of carboxylic acid groups (broad SMARTS) is 1. The largest absolute Gasteiger partial charge is 0.484 e. The lowest BCUT2D eigenvalue weighted by molar-refractivity contribution is -0.154. The fourth-order valence-corrected chi connectivity index (χ4v) is 2.64. The van der Waals surface area contributed by atoms with Gasteiger partial charge < -0.3 is 25.2 Å². The maximum atomic E-state index is 12.4. The van der Waals surface area contributed by atoms with Gasteiger partial charge in [-0.3, -0.25) is 9.59 Å². The fraction of sp³-hybridized carbons (Fsp3) is 0.579. The molecule has 0 spiro atoms. The molecule has 0 bridgehead atoms. The number of aliphatic carboxylic acids is 1. The third-order valence-corrected chi connectivity index (χ3v) is 3.91. The van der Waals surface area contributed by atoms with Crippen LogP contribution in [-0.4, -0.2) is 61.7 Å². The Morgan fingerprint density at radius 2 is 1.69 bits per heavy atom. The minimum Gasteiger partial charge on any atom is -0.484 e. The molecule has 0 radical (unpaired) electrons. The number of halogens is 6. The zero-order chi connectivity index (χ0) is 24.4. The van der Waals surface area contributed by atoms with E-state index in [-0.39, 0.29) is 23.9 Å². The summed E-state index contributed by atoms with van der Waals surface area (Å²) < 4.78 is 83.3. The molecule has 1 aliphatic heterocycles. The molecular weight excluding hydrogens is 450 g/mol. The average Bonchev–Trinajstić information content (AvgIpc) is 2.68. The lowest BCUT2D eigenvalue weighted by Gasteiger charge is -2.24. The summed E-state index contributed by atoms with van der Waals surface area (Å²) in [6, 6.07) is 2.94. The normalized spacial score (nSPS) is 16.4. The van der Waals surface area contributed by atoms with Gasteiger partial charge in [0.2, 0.25) is 0 Å². The number of ether oxygens (including phenoxy) is 2. The molecule has 1 atom stereocenters. The van der Waals surface area contributed by atoms with Crippen LogP contribution in [0, 0.1) is 0 Å². The Bertz CT molecular complexity index is 745. The number of hydrogen-bond donors (Lipinski definition) is 3. The second-order valence-electron chi connectivity index (χ2n) is 6.84. The molecular formula is C19H24F6N2O5. The second kappa shape index (κ2) is 12.4. The van der Waals surface area contributed by atoms with Crippen molar-refractivity contribution in [3.8, 4) is 11.5 Å². The molecule has 0 unspecified atom stereocenters. The predicted molar refractivity (Wildman–Crippen MR) is 101 cm³/mol. The Balaban J connectivity index is 0.00000118. The Morgan fingerprint density at radius 3 is 2.22 bits per heavy atom. The Labute approximate surface area is 180 Å². The molecule has 1 aliphatic rings. The molecule has 1 fully saturated rings. The molecule has 1 heterocycles. The Hall–Kier alpha value is -2.70. The van der Waals surface area contributed by atoms with Crippen LogP contribution in [0.25, 0.3) is 0 Å². The zero-order valence-corrected chi connectivity index (χ0v) is 17.1. The topological polar surface area (TPSA) is 96.9 Å². The van der Waals surface area contributed by atoms with E-state index in [9.17, 15) is 31.1 Å². The van der Waals surface area contributed by atoms with Crippen molar-refractivity contribution in [2.75, 3.05) is 26.3 Å². The molecule has 0 aromatic heterocycles. The van der Waals surface area contributed by atoms with Crippen molar-refractivity contribution in [1.82, 2.24) is 10.6 Å². The first-order chi connectivity index (χ1) is 14.8. The highest BCUT2D eigenvalue weighted by Crippen LogP contribution is 2.28. The van der Waals surface area contributed by atoms with Crippen molar-refractivity contribution in [2.24, 2.45) is 0 Å². The average molecular weight is 474 g/mol. The third kappa shape index (κ3) is 12.2. The molecule has 3 N–H and O–H groups in total. The summed E-state index contributed by atoms with van der Waals surface area (Å²) in [5.74, 6) is -2.30. The van der Waals surface area contributed by atoms with E-state index >= 15 is 0 Å². The molecule has 7 nitrogen and oxygen atoms in total. The van der Waals surface area contributed by atoms with Gasteiger partial charge in [-0.1, -0.05) is 6.42 Å². The van der Waals surface area contributed by atoms with Crippen LogP contribution in [0.1, 0.15) is 36.5 Å². The second-order valence-corrected chi connectivity index (χ2v) is 6.84. The number of hydrogen-bond acceptors (Lipinski definition) is 5. The van der Waals surface area contributed by atoms with E-state index < -0.39 is 43.2 Å². The SMILES string of the molecule is CC(=O)O.O=C(NC[C@@H]1CCCCN1)c1cc(OCC(F)(F)F)ccc1OCC(F)(F)F. The molecule has 1 amide bonds. The molecule has 1 aromatic carbocycles. The van der Waals surface area contributed by atoms with Gasteiger partial charge in [0.25, 0.3) is 11.9 Å². The van der Waals surface area contributed by atoms with Crippen molar-refractivity contribution in [3.05, 3.63) is 23.8 Å². The fourth-order valence-electron chi connectivity index (χ4n) is 2.64. The van der Waals surface area contributed by atoms with Gasteiger partial charge in [-0.15, -0.1) is 0 Å². The van der Waals surface area contributed by atoms with E-state index in [1.165, 1.54) is 0 Å². The first-order valence-corrected chi connectivity index (χ1v) is 9.51. The number of amides is 1. The van der Waals surface area contributed by atoms with Gasteiger partial charge in [0.05, 0.1) is 5.56 Å². The van der Waals surface area contributed by atoms with Gasteiger partial charge in [-0.25, -0.2) is 0 Å². The number of alkyl halides is 6. The lowest BCUT2D eigenvalue weighted by atomic mass is 10.0. The van der Waals surface area contributed by atoms with Crippen LogP contribution >= 0.6 is 0 Å². The molecule has 32 heavy (non-hydrogen) atoms. The summed E-state index contributed by atoms with van der Waals surface area (Å²) in [5.41, 5.74) is -0.334. The van der Waals surface area contributed by atoms with Gasteiger partial charge in [-0.2, -0.15) is 26.3 Å². The number of carbonyl (C=O) groups is 2. The summed E-state index contributed by atoms with van der Waals surface area (Å²) in [6.45, 7) is -1.13. The molecule has 0 saturated carbocycles. The molecule has 0 aliphatic carbocycles. The number of carboxylic acids is 1. The number of piperidine rings is 1. The van der Waals surface area contributed by atoms with Gasteiger partial charge in [-0.05, 0) is 37.6 Å². The minimum absolute atomic E-state index is 0.0157. The van der Waals surface area contributed by atoms with Crippen molar-refractivity contribution < 1.29 is 50.5 Å². The Morgan fingerprint density at radius 1 is 1.09 bits per heavy atom. The van der Waals surface area contributed by atoms with Crippen molar-refractivity contribution >= 4 is 11.9 Å². The van der Waals surface area contributed by atoms with Crippen LogP contribution in [0.2, 0.25) is 0 Å². The number of rotatable bonds is 7. The first-order valence-electron chi connectivity index (χ1n) is 9.51. The molecule has 1 saturated heterocycles. The number of carbonyl (C=O) groups excluding carboxylic acids is 1. The maximum absolute atomic E-state index is 12.4. The smallest absolute Gasteiger partial charge is 0.422 e. The summed E-state index contributed by atoms with van der Waals surface area (Å²) in [6.07, 6.45) is -6.41. The highest BCUT2D eigenvalue weighted by atomic mass is 19.4.